The number of aromatic nitrogens is 2. The molecule has 0 bridgehead atoms. The molecule has 0 aromatic carbocycles. The number of hydrogen-bond donors (Lipinski definition) is 1. The molecule has 5 nitrogen and oxygen atoms in total. The van der Waals surface area contributed by atoms with Crippen LogP contribution >= 0.6 is 0 Å². The van der Waals surface area contributed by atoms with Crippen LogP contribution in [0, 0.1) is 5.92 Å². The van der Waals surface area contributed by atoms with E-state index in [0.29, 0.717) is 24.4 Å². The van der Waals surface area contributed by atoms with Crippen LogP contribution in [0.5, 0.6) is 0 Å². The van der Waals surface area contributed by atoms with E-state index in [4.69, 9.17) is 4.98 Å². The third-order valence-electron chi connectivity index (χ3n) is 6.00. The number of carbonyl (C=O) groups excluding carboxylic acids is 1. The molecule has 0 radical (unpaired) electrons. The van der Waals surface area contributed by atoms with Crippen molar-refractivity contribution in [3.63, 3.8) is 0 Å². The van der Waals surface area contributed by atoms with Crippen LogP contribution in [0.2, 0.25) is 0 Å². The molecule has 1 N–H and O–H groups in total. The fourth-order valence-electron chi connectivity index (χ4n) is 4.65. The Bertz CT molecular complexity index is 573. The number of likely N-dealkylation sites (tertiary alicyclic amines) is 2. The number of aryl methyl sites for hydroxylation is 2. The standard InChI is InChI=1S/C19H30N4O/c1-14-6-4-11-23(12-14)18(24)13-22-10-5-9-17(22)19-20-15-7-2-3-8-16(15)21-19/h14,17H,2-13H2,1H3,(H,20,21). The third-order valence-corrected chi connectivity index (χ3v) is 6.00. The molecule has 1 aromatic rings. The molecule has 1 aromatic heterocycles. The zero-order chi connectivity index (χ0) is 16.5. The Morgan fingerprint density at radius 3 is 2.83 bits per heavy atom. The van der Waals surface area contributed by atoms with Crippen LogP contribution in [0.3, 0.4) is 0 Å². The number of piperidine rings is 1. The van der Waals surface area contributed by atoms with Gasteiger partial charge in [0.05, 0.1) is 18.3 Å². The first-order chi connectivity index (χ1) is 11.7. The first-order valence-electron chi connectivity index (χ1n) is 9.80. The van der Waals surface area contributed by atoms with E-state index in [0.717, 1.165) is 51.1 Å². The number of amides is 1. The average molecular weight is 330 g/mol. The molecule has 1 amide bonds. The van der Waals surface area contributed by atoms with Crippen molar-refractivity contribution in [1.29, 1.82) is 0 Å². The number of aromatic amines is 1. The molecular formula is C19H30N4O. The molecule has 0 spiro atoms. The van der Waals surface area contributed by atoms with Gasteiger partial charge >= 0.3 is 0 Å². The Labute approximate surface area is 144 Å². The van der Waals surface area contributed by atoms with Gasteiger partial charge in [0, 0.05) is 18.8 Å². The van der Waals surface area contributed by atoms with Gasteiger partial charge < -0.3 is 9.88 Å². The van der Waals surface area contributed by atoms with E-state index in [-0.39, 0.29) is 0 Å². The lowest BCUT2D eigenvalue weighted by atomic mass is 10.0. The van der Waals surface area contributed by atoms with Crippen LogP contribution in [0.15, 0.2) is 0 Å². The maximum Gasteiger partial charge on any atom is 0.236 e. The maximum absolute atomic E-state index is 12.7. The average Bonchev–Trinajstić information content (AvgIpc) is 3.20. The van der Waals surface area contributed by atoms with Gasteiger partial charge in [0.15, 0.2) is 0 Å². The molecule has 1 aliphatic carbocycles. The van der Waals surface area contributed by atoms with Crippen LogP contribution in [-0.2, 0) is 17.6 Å². The summed E-state index contributed by atoms with van der Waals surface area (Å²) in [4.78, 5) is 25.6. The summed E-state index contributed by atoms with van der Waals surface area (Å²) in [6.45, 7) is 5.71. The lowest BCUT2D eigenvalue weighted by molar-refractivity contribution is -0.134. The van der Waals surface area contributed by atoms with Gasteiger partial charge in [0.1, 0.15) is 5.82 Å². The van der Waals surface area contributed by atoms with E-state index in [1.165, 1.54) is 37.1 Å². The van der Waals surface area contributed by atoms with Crippen molar-refractivity contribution in [3.8, 4) is 0 Å². The minimum Gasteiger partial charge on any atom is -0.344 e. The van der Waals surface area contributed by atoms with Gasteiger partial charge in [-0.3, -0.25) is 9.69 Å². The predicted molar refractivity (Wildman–Crippen MR) is 93.8 cm³/mol. The summed E-state index contributed by atoms with van der Waals surface area (Å²) in [7, 11) is 0. The van der Waals surface area contributed by atoms with Crippen LogP contribution in [0.1, 0.15) is 68.7 Å². The Kier molecular flexibility index (Phi) is 4.61. The van der Waals surface area contributed by atoms with Crippen molar-refractivity contribution < 1.29 is 4.79 Å². The van der Waals surface area contributed by atoms with Crippen molar-refractivity contribution >= 4 is 5.91 Å². The van der Waals surface area contributed by atoms with Crippen LogP contribution < -0.4 is 0 Å². The summed E-state index contributed by atoms with van der Waals surface area (Å²) in [5, 5.41) is 0. The number of nitrogens with zero attached hydrogens (tertiary/aromatic N) is 3. The van der Waals surface area contributed by atoms with Gasteiger partial charge in [-0.15, -0.1) is 0 Å². The molecule has 132 valence electrons. The highest BCUT2D eigenvalue weighted by Gasteiger charge is 2.32. The highest BCUT2D eigenvalue weighted by Crippen LogP contribution is 2.32. The summed E-state index contributed by atoms with van der Waals surface area (Å²) in [5.41, 5.74) is 2.62. The topological polar surface area (TPSA) is 52.2 Å². The van der Waals surface area contributed by atoms with Gasteiger partial charge in [0.25, 0.3) is 0 Å². The second kappa shape index (κ2) is 6.87. The van der Waals surface area contributed by atoms with Gasteiger partial charge in [-0.2, -0.15) is 0 Å². The van der Waals surface area contributed by atoms with Gasteiger partial charge in [-0.05, 0) is 63.8 Å². The number of rotatable bonds is 3. The van der Waals surface area contributed by atoms with Crippen molar-refractivity contribution in [2.45, 2.75) is 64.3 Å². The molecule has 2 fully saturated rings. The molecule has 3 heterocycles. The second-order valence-corrected chi connectivity index (χ2v) is 7.97. The van der Waals surface area contributed by atoms with E-state index >= 15 is 0 Å². The molecule has 3 aliphatic rings. The first kappa shape index (κ1) is 16.1. The molecular weight excluding hydrogens is 300 g/mol. The van der Waals surface area contributed by atoms with E-state index < -0.39 is 0 Å². The van der Waals surface area contributed by atoms with Crippen LogP contribution in [0.4, 0.5) is 0 Å². The molecule has 2 aliphatic heterocycles. The summed E-state index contributed by atoms with van der Waals surface area (Å²) in [6.07, 6.45) is 9.49. The smallest absolute Gasteiger partial charge is 0.236 e. The van der Waals surface area contributed by atoms with Crippen LogP contribution in [0.25, 0.3) is 0 Å². The number of nitrogens with one attached hydrogen (secondary N) is 1. The summed E-state index contributed by atoms with van der Waals surface area (Å²) < 4.78 is 0. The lowest BCUT2D eigenvalue weighted by Gasteiger charge is -2.33. The monoisotopic (exact) mass is 330 g/mol. The summed E-state index contributed by atoms with van der Waals surface area (Å²) >= 11 is 0. The number of carbonyl (C=O) groups is 1. The highest BCUT2D eigenvalue weighted by atomic mass is 16.2. The zero-order valence-electron chi connectivity index (χ0n) is 14.9. The number of hydrogen-bond acceptors (Lipinski definition) is 3. The maximum atomic E-state index is 12.7. The zero-order valence-corrected chi connectivity index (χ0v) is 14.9. The predicted octanol–water partition coefficient (Wildman–Crippen LogP) is 2.68. The largest absolute Gasteiger partial charge is 0.344 e. The molecule has 24 heavy (non-hydrogen) atoms. The van der Waals surface area contributed by atoms with E-state index in [9.17, 15) is 4.79 Å². The summed E-state index contributed by atoms with van der Waals surface area (Å²) in [6, 6.07) is 0.307. The van der Waals surface area contributed by atoms with Crippen LogP contribution in [-0.4, -0.2) is 51.9 Å². The minimum atomic E-state index is 0.307. The van der Waals surface area contributed by atoms with Gasteiger partial charge in [-0.1, -0.05) is 6.92 Å². The van der Waals surface area contributed by atoms with Crippen molar-refractivity contribution in [3.05, 3.63) is 17.2 Å². The Balaban J connectivity index is 1.43. The molecule has 2 saturated heterocycles. The highest BCUT2D eigenvalue weighted by molar-refractivity contribution is 5.78. The van der Waals surface area contributed by atoms with E-state index in [2.05, 4.69) is 21.7 Å². The Hall–Kier alpha value is -1.36. The molecule has 2 atom stereocenters. The van der Waals surface area contributed by atoms with Crippen molar-refractivity contribution in [2.24, 2.45) is 5.92 Å². The normalized spacial score (nSPS) is 28.1. The second-order valence-electron chi connectivity index (χ2n) is 7.97. The Morgan fingerprint density at radius 1 is 1.17 bits per heavy atom. The van der Waals surface area contributed by atoms with E-state index in [1.807, 2.05) is 0 Å². The lowest BCUT2D eigenvalue weighted by Crippen LogP contribution is -2.44. The first-order valence-corrected chi connectivity index (χ1v) is 9.80. The Morgan fingerprint density at radius 2 is 2.00 bits per heavy atom. The fourth-order valence-corrected chi connectivity index (χ4v) is 4.65. The van der Waals surface area contributed by atoms with Gasteiger partial charge in [-0.25, -0.2) is 4.98 Å². The quantitative estimate of drug-likeness (QED) is 0.927. The molecule has 4 rings (SSSR count). The summed E-state index contributed by atoms with van der Waals surface area (Å²) in [5.74, 6) is 2.07. The fraction of sp³-hybridized carbons (Fsp3) is 0.789. The molecule has 0 saturated carbocycles. The number of fused-ring (bicyclic) bond motifs is 1. The van der Waals surface area contributed by atoms with Gasteiger partial charge in [0.2, 0.25) is 5.91 Å². The van der Waals surface area contributed by atoms with E-state index in [1.54, 1.807) is 0 Å². The number of H-pyrrole nitrogens is 1. The minimum absolute atomic E-state index is 0.307. The number of imidazole rings is 1. The molecule has 5 heteroatoms. The van der Waals surface area contributed by atoms with Crippen molar-refractivity contribution in [1.82, 2.24) is 19.8 Å². The third kappa shape index (κ3) is 3.23. The van der Waals surface area contributed by atoms with Crippen molar-refractivity contribution in [2.75, 3.05) is 26.2 Å². The molecule has 2 unspecified atom stereocenters. The SMILES string of the molecule is CC1CCCN(C(=O)CN2CCCC2c2nc3c([nH]2)CCCC3)C1.